The summed E-state index contributed by atoms with van der Waals surface area (Å²) in [6, 6.07) is 0. The van der Waals surface area contributed by atoms with E-state index in [0.717, 1.165) is 19.3 Å². The molecule has 0 aromatic rings. The maximum atomic E-state index is 13.2. The van der Waals surface area contributed by atoms with Gasteiger partial charge >= 0.3 is 0 Å². The molecule has 0 radical (unpaired) electrons. The SMILES string of the molecule is C=C(C)[C@@H](/C=C/[C@@H](C)[C@H]1CC[C@H]2[C@@H]3CC(=O)[C@H]4CC(=O)CC[C@]4(C)[C@H]3CC[C@]12C)CC. The Bertz CT molecular complexity index is 778. The van der Waals surface area contributed by atoms with Crippen LogP contribution in [0.15, 0.2) is 24.3 Å². The Balaban J connectivity index is 1.54. The molecule has 4 aliphatic rings. The van der Waals surface area contributed by atoms with Gasteiger partial charge in [0.1, 0.15) is 11.6 Å². The van der Waals surface area contributed by atoms with Crippen molar-refractivity contribution in [1.29, 1.82) is 0 Å². The molecule has 0 saturated heterocycles. The van der Waals surface area contributed by atoms with Crippen molar-refractivity contribution in [3.05, 3.63) is 24.3 Å². The normalized spacial score (nSPS) is 44.5. The number of carbonyl (C=O) groups excluding carboxylic acids is 2. The summed E-state index contributed by atoms with van der Waals surface area (Å²) in [6.07, 6.45) is 14.0. The summed E-state index contributed by atoms with van der Waals surface area (Å²) in [5.74, 6) is 4.37. The predicted octanol–water partition coefficient (Wildman–Crippen LogP) is 7.19. The third kappa shape index (κ3) is 3.70. The molecular formula is C29H44O2. The van der Waals surface area contributed by atoms with Crippen molar-refractivity contribution < 1.29 is 9.59 Å². The predicted molar refractivity (Wildman–Crippen MR) is 128 cm³/mol. The molecule has 4 saturated carbocycles. The summed E-state index contributed by atoms with van der Waals surface area (Å²) < 4.78 is 0. The van der Waals surface area contributed by atoms with Crippen LogP contribution in [0.1, 0.15) is 92.4 Å². The third-order valence-corrected chi connectivity index (χ3v) is 10.7. The zero-order valence-electron chi connectivity index (χ0n) is 20.6. The number of rotatable bonds is 5. The smallest absolute Gasteiger partial charge is 0.137 e. The molecule has 0 aromatic carbocycles. The van der Waals surface area contributed by atoms with Crippen LogP contribution in [-0.4, -0.2) is 11.6 Å². The molecule has 0 amide bonds. The van der Waals surface area contributed by atoms with Crippen LogP contribution in [0.2, 0.25) is 0 Å². The number of ketones is 2. The fourth-order valence-corrected chi connectivity index (χ4v) is 8.83. The molecule has 4 fully saturated rings. The Morgan fingerprint density at radius 1 is 1.06 bits per heavy atom. The quantitative estimate of drug-likeness (QED) is 0.438. The number of hydrogen-bond acceptors (Lipinski definition) is 2. The lowest BCUT2D eigenvalue weighted by molar-refractivity contribution is -0.158. The van der Waals surface area contributed by atoms with Crippen molar-refractivity contribution in [2.24, 2.45) is 52.3 Å². The van der Waals surface area contributed by atoms with E-state index in [9.17, 15) is 9.59 Å². The second-order valence-corrected chi connectivity index (χ2v) is 12.2. The van der Waals surface area contributed by atoms with Gasteiger partial charge in [-0.05, 0) is 91.8 Å². The van der Waals surface area contributed by atoms with Crippen LogP contribution in [0.5, 0.6) is 0 Å². The topological polar surface area (TPSA) is 34.1 Å². The molecule has 2 heteroatoms. The average molecular weight is 425 g/mol. The summed E-state index contributed by atoms with van der Waals surface area (Å²) in [4.78, 5) is 25.4. The van der Waals surface area contributed by atoms with Gasteiger partial charge in [-0.3, -0.25) is 9.59 Å². The Labute approximate surface area is 190 Å². The van der Waals surface area contributed by atoms with Crippen LogP contribution >= 0.6 is 0 Å². The van der Waals surface area contributed by atoms with Gasteiger partial charge in [0.25, 0.3) is 0 Å². The van der Waals surface area contributed by atoms with Gasteiger partial charge in [0.05, 0.1) is 0 Å². The molecule has 172 valence electrons. The second-order valence-electron chi connectivity index (χ2n) is 12.2. The van der Waals surface area contributed by atoms with Crippen molar-refractivity contribution >= 4 is 11.6 Å². The molecule has 9 atom stereocenters. The highest BCUT2D eigenvalue weighted by atomic mass is 16.1. The van der Waals surface area contributed by atoms with Gasteiger partial charge < -0.3 is 0 Å². The molecule has 0 aromatic heterocycles. The lowest BCUT2D eigenvalue weighted by Gasteiger charge is -2.59. The van der Waals surface area contributed by atoms with Crippen LogP contribution in [0.25, 0.3) is 0 Å². The number of fused-ring (bicyclic) bond motifs is 5. The fourth-order valence-electron chi connectivity index (χ4n) is 8.83. The van der Waals surface area contributed by atoms with Crippen molar-refractivity contribution in [2.75, 3.05) is 0 Å². The molecule has 2 nitrogen and oxygen atoms in total. The van der Waals surface area contributed by atoms with E-state index in [1.54, 1.807) is 0 Å². The number of allylic oxidation sites excluding steroid dienone is 3. The fraction of sp³-hybridized carbons (Fsp3) is 0.793. The van der Waals surface area contributed by atoms with Gasteiger partial charge in [-0.1, -0.05) is 52.0 Å². The van der Waals surface area contributed by atoms with Gasteiger partial charge in [-0.2, -0.15) is 0 Å². The highest BCUT2D eigenvalue weighted by Crippen LogP contribution is 2.67. The zero-order valence-corrected chi connectivity index (χ0v) is 20.6. The van der Waals surface area contributed by atoms with Gasteiger partial charge in [0.2, 0.25) is 0 Å². The Kier molecular flexibility index (Phi) is 6.16. The number of carbonyl (C=O) groups is 2. The van der Waals surface area contributed by atoms with E-state index >= 15 is 0 Å². The summed E-state index contributed by atoms with van der Waals surface area (Å²) in [5.41, 5.74) is 1.68. The molecule has 0 spiro atoms. The minimum absolute atomic E-state index is 0.00605. The highest BCUT2D eigenvalue weighted by Gasteiger charge is 2.62. The van der Waals surface area contributed by atoms with Gasteiger partial charge in [0.15, 0.2) is 0 Å². The Morgan fingerprint density at radius 2 is 1.77 bits per heavy atom. The molecule has 4 rings (SSSR count). The third-order valence-electron chi connectivity index (χ3n) is 10.7. The van der Waals surface area contributed by atoms with E-state index in [1.807, 2.05) is 0 Å². The number of hydrogen-bond donors (Lipinski definition) is 0. The minimum Gasteiger partial charge on any atom is -0.300 e. The summed E-state index contributed by atoms with van der Waals surface area (Å²) >= 11 is 0. The van der Waals surface area contributed by atoms with Gasteiger partial charge in [0, 0.05) is 25.2 Å². The largest absolute Gasteiger partial charge is 0.300 e. The first kappa shape index (κ1) is 23.0. The minimum atomic E-state index is 0.00605. The maximum Gasteiger partial charge on any atom is 0.137 e. The molecule has 0 unspecified atom stereocenters. The maximum absolute atomic E-state index is 13.2. The molecule has 4 aliphatic carbocycles. The summed E-state index contributed by atoms with van der Waals surface area (Å²) in [5, 5.41) is 0. The highest BCUT2D eigenvalue weighted by molar-refractivity contribution is 5.90. The van der Waals surface area contributed by atoms with Crippen molar-refractivity contribution in [3.63, 3.8) is 0 Å². The lowest BCUT2D eigenvalue weighted by atomic mass is 9.44. The van der Waals surface area contributed by atoms with Crippen molar-refractivity contribution in [2.45, 2.75) is 92.4 Å². The van der Waals surface area contributed by atoms with Crippen molar-refractivity contribution in [3.8, 4) is 0 Å². The second kappa shape index (κ2) is 8.31. The Hall–Kier alpha value is -1.18. The molecular weight excluding hydrogens is 380 g/mol. The molecule has 0 N–H and O–H groups in total. The van der Waals surface area contributed by atoms with Crippen molar-refractivity contribution in [1.82, 2.24) is 0 Å². The van der Waals surface area contributed by atoms with Crippen LogP contribution in [-0.2, 0) is 9.59 Å². The molecule has 0 aliphatic heterocycles. The van der Waals surface area contributed by atoms with E-state index in [2.05, 4.69) is 53.3 Å². The van der Waals surface area contributed by atoms with E-state index in [1.165, 1.54) is 31.3 Å². The average Bonchev–Trinajstić information content (AvgIpc) is 3.07. The molecule has 31 heavy (non-hydrogen) atoms. The van der Waals surface area contributed by atoms with E-state index in [4.69, 9.17) is 0 Å². The van der Waals surface area contributed by atoms with E-state index in [0.29, 0.717) is 65.3 Å². The summed E-state index contributed by atoms with van der Waals surface area (Å²) in [7, 11) is 0. The molecule has 0 heterocycles. The summed E-state index contributed by atoms with van der Waals surface area (Å²) in [6.45, 7) is 15.9. The van der Waals surface area contributed by atoms with Gasteiger partial charge in [-0.25, -0.2) is 0 Å². The van der Waals surface area contributed by atoms with Crippen LogP contribution in [0, 0.1) is 52.3 Å². The molecule has 0 bridgehead atoms. The first-order valence-corrected chi connectivity index (χ1v) is 13.0. The van der Waals surface area contributed by atoms with Crippen LogP contribution in [0.4, 0.5) is 0 Å². The van der Waals surface area contributed by atoms with Crippen LogP contribution in [0.3, 0.4) is 0 Å². The Morgan fingerprint density at radius 3 is 2.45 bits per heavy atom. The van der Waals surface area contributed by atoms with E-state index < -0.39 is 0 Å². The zero-order chi connectivity index (χ0) is 22.6. The lowest BCUT2D eigenvalue weighted by Crippen LogP contribution is -2.56. The van der Waals surface area contributed by atoms with Gasteiger partial charge in [-0.15, -0.1) is 0 Å². The van der Waals surface area contributed by atoms with Crippen LogP contribution < -0.4 is 0 Å². The first-order valence-electron chi connectivity index (χ1n) is 13.0. The monoisotopic (exact) mass is 424 g/mol. The first-order chi connectivity index (χ1) is 14.6. The van der Waals surface area contributed by atoms with E-state index in [-0.39, 0.29) is 11.3 Å². The number of Topliss-reactive ketones (excluding diaryl/α,β-unsaturated/α-hetero) is 2. The standard InChI is InChI=1S/C29H44O2/c1-7-20(18(2)3)9-8-19(4)23-10-11-24-22-17-27(31)26-16-21(30)12-14-29(26,6)25(22)13-15-28(23,24)5/h8-9,19-20,22-26H,2,7,10-17H2,1,3-6H3/b9-8+/t19-,20-,22+,23-,24+,25+,26-,28-,29-/m1/s1.